The molecule has 2 saturated heterocycles. The summed E-state index contributed by atoms with van der Waals surface area (Å²) >= 11 is 12.6. The fourth-order valence-corrected chi connectivity index (χ4v) is 6.94. The highest BCUT2D eigenvalue weighted by atomic mass is 35.5. The third-order valence-electron chi connectivity index (χ3n) is 7.99. The van der Waals surface area contributed by atoms with Gasteiger partial charge in [0.05, 0.1) is 15.5 Å². The number of anilines is 2. The topological polar surface area (TPSA) is 73.0 Å². The van der Waals surface area contributed by atoms with Crippen LogP contribution in [-0.2, 0) is 10.0 Å². The van der Waals surface area contributed by atoms with Gasteiger partial charge in [0.25, 0.3) is 15.9 Å². The van der Waals surface area contributed by atoms with Crippen molar-refractivity contribution in [3.8, 4) is 0 Å². The van der Waals surface area contributed by atoms with E-state index in [1.54, 1.807) is 17.0 Å². The lowest BCUT2D eigenvalue weighted by atomic mass is 10.0. The number of benzene rings is 3. The van der Waals surface area contributed by atoms with Crippen molar-refractivity contribution in [1.29, 1.82) is 0 Å². The molecule has 2 heterocycles. The fraction of sp³-hybridized carbons (Fsp3) is 0.367. The van der Waals surface area contributed by atoms with Crippen molar-refractivity contribution in [2.45, 2.75) is 37.6 Å². The molecule has 0 spiro atoms. The predicted molar refractivity (Wildman–Crippen MR) is 162 cm³/mol. The zero-order valence-electron chi connectivity index (χ0n) is 22.7. The largest absolute Gasteiger partial charge is 0.369 e. The predicted octanol–water partition coefficient (Wildman–Crippen LogP) is 5.84. The van der Waals surface area contributed by atoms with E-state index < -0.39 is 10.0 Å². The summed E-state index contributed by atoms with van der Waals surface area (Å²) in [6.45, 7) is 8.90. The Balaban J connectivity index is 1.20. The summed E-state index contributed by atoms with van der Waals surface area (Å²) < 4.78 is 28.8. The number of halogens is 2. The summed E-state index contributed by atoms with van der Waals surface area (Å²) in [6.07, 6.45) is 1.74. The van der Waals surface area contributed by atoms with Crippen LogP contribution in [0.1, 0.15) is 34.3 Å². The molecule has 1 N–H and O–H groups in total. The molecule has 0 saturated carbocycles. The number of piperidine rings is 1. The van der Waals surface area contributed by atoms with Crippen molar-refractivity contribution < 1.29 is 13.2 Å². The first kappa shape index (κ1) is 28.7. The molecule has 0 aliphatic carbocycles. The van der Waals surface area contributed by atoms with Gasteiger partial charge in [-0.25, -0.2) is 8.42 Å². The lowest BCUT2D eigenvalue weighted by molar-refractivity contribution is 0.0611. The zero-order valence-corrected chi connectivity index (χ0v) is 25.1. The molecule has 10 heteroatoms. The molecule has 40 heavy (non-hydrogen) atoms. The second kappa shape index (κ2) is 12.0. The van der Waals surface area contributed by atoms with Crippen LogP contribution in [0.2, 0.25) is 10.0 Å². The SMILES string of the molecule is Cc1ccc(NS(=O)(=O)c2ccc(Cl)c(C(=O)N3CCC(N4CCN(c5cccc(Cl)c5)CC4)CC3)c2)cc1C. The quantitative estimate of drug-likeness (QED) is 0.385. The van der Waals surface area contributed by atoms with Gasteiger partial charge in [-0.15, -0.1) is 0 Å². The van der Waals surface area contributed by atoms with E-state index >= 15 is 0 Å². The second-order valence-electron chi connectivity index (χ2n) is 10.6. The number of carbonyl (C=O) groups is 1. The minimum atomic E-state index is -3.89. The van der Waals surface area contributed by atoms with E-state index in [-0.39, 0.29) is 21.4 Å². The molecule has 2 aliphatic rings. The molecule has 2 fully saturated rings. The van der Waals surface area contributed by atoms with Gasteiger partial charge in [-0.1, -0.05) is 35.3 Å². The van der Waals surface area contributed by atoms with Gasteiger partial charge in [0.2, 0.25) is 0 Å². The average Bonchev–Trinajstić information content (AvgIpc) is 2.95. The minimum absolute atomic E-state index is 0.00550. The number of aryl methyl sites for hydroxylation is 2. The van der Waals surface area contributed by atoms with Crippen molar-refractivity contribution in [3.63, 3.8) is 0 Å². The van der Waals surface area contributed by atoms with Crippen LogP contribution in [0.25, 0.3) is 0 Å². The zero-order chi connectivity index (χ0) is 28.4. The van der Waals surface area contributed by atoms with Crippen molar-refractivity contribution in [3.05, 3.63) is 87.4 Å². The van der Waals surface area contributed by atoms with E-state index in [1.165, 1.54) is 18.2 Å². The van der Waals surface area contributed by atoms with E-state index in [2.05, 4.69) is 20.6 Å². The molecule has 0 aromatic heterocycles. The Bertz CT molecular complexity index is 1500. The van der Waals surface area contributed by atoms with Crippen LogP contribution in [0.5, 0.6) is 0 Å². The Labute approximate surface area is 246 Å². The molecule has 0 radical (unpaired) electrons. The van der Waals surface area contributed by atoms with E-state index in [4.69, 9.17) is 23.2 Å². The molecule has 3 aromatic carbocycles. The average molecular weight is 602 g/mol. The third kappa shape index (κ3) is 6.41. The Morgan fingerprint density at radius 1 is 0.850 bits per heavy atom. The van der Waals surface area contributed by atoms with Gasteiger partial charge in [0.1, 0.15) is 0 Å². The van der Waals surface area contributed by atoms with Crippen molar-refractivity contribution in [2.24, 2.45) is 0 Å². The Morgan fingerprint density at radius 2 is 1.57 bits per heavy atom. The number of rotatable bonds is 6. The fourth-order valence-electron chi connectivity index (χ4n) is 5.48. The molecule has 2 aliphatic heterocycles. The second-order valence-corrected chi connectivity index (χ2v) is 13.1. The number of amides is 1. The van der Waals surface area contributed by atoms with Gasteiger partial charge >= 0.3 is 0 Å². The van der Waals surface area contributed by atoms with Gasteiger partial charge in [0.15, 0.2) is 0 Å². The summed E-state index contributed by atoms with van der Waals surface area (Å²) in [5, 5.41) is 0.993. The van der Waals surface area contributed by atoms with Crippen LogP contribution in [0.15, 0.2) is 65.6 Å². The molecule has 0 bridgehead atoms. The highest BCUT2D eigenvalue weighted by molar-refractivity contribution is 7.92. The summed E-state index contributed by atoms with van der Waals surface area (Å²) in [6, 6.07) is 18.1. The van der Waals surface area contributed by atoms with Gasteiger partial charge < -0.3 is 9.80 Å². The van der Waals surface area contributed by atoms with Crippen LogP contribution in [0.4, 0.5) is 11.4 Å². The highest BCUT2D eigenvalue weighted by Crippen LogP contribution is 2.27. The lowest BCUT2D eigenvalue weighted by Crippen LogP contribution is -2.53. The number of nitrogens with zero attached hydrogens (tertiary/aromatic N) is 3. The Morgan fingerprint density at radius 3 is 2.25 bits per heavy atom. The summed E-state index contributed by atoms with van der Waals surface area (Å²) in [7, 11) is -3.89. The van der Waals surface area contributed by atoms with Crippen LogP contribution < -0.4 is 9.62 Å². The van der Waals surface area contributed by atoms with Crippen molar-refractivity contribution in [1.82, 2.24) is 9.80 Å². The van der Waals surface area contributed by atoms with E-state index in [9.17, 15) is 13.2 Å². The highest BCUT2D eigenvalue weighted by Gasteiger charge is 2.30. The molecule has 1 amide bonds. The van der Waals surface area contributed by atoms with Crippen LogP contribution in [-0.4, -0.2) is 69.4 Å². The van der Waals surface area contributed by atoms with Crippen molar-refractivity contribution in [2.75, 3.05) is 48.9 Å². The van der Waals surface area contributed by atoms with E-state index in [0.29, 0.717) is 24.8 Å². The molecule has 5 rings (SSSR count). The minimum Gasteiger partial charge on any atom is -0.369 e. The van der Waals surface area contributed by atoms with Gasteiger partial charge in [-0.3, -0.25) is 14.4 Å². The first-order valence-electron chi connectivity index (χ1n) is 13.5. The van der Waals surface area contributed by atoms with Gasteiger partial charge in [-0.2, -0.15) is 0 Å². The maximum Gasteiger partial charge on any atom is 0.261 e. The molecule has 3 aromatic rings. The number of likely N-dealkylation sites (tertiary alicyclic amines) is 1. The number of sulfonamides is 1. The summed E-state index contributed by atoms with van der Waals surface area (Å²) in [5.41, 5.74) is 3.89. The Kier molecular flexibility index (Phi) is 8.61. The van der Waals surface area contributed by atoms with Crippen LogP contribution >= 0.6 is 23.2 Å². The summed E-state index contributed by atoms with van der Waals surface area (Å²) in [4.78, 5) is 20.1. The molecule has 0 unspecified atom stereocenters. The standard InChI is InChI=1S/C30H34Cl2N4O3S/c1-21-6-7-24(18-22(21)2)33-40(38,39)27-8-9-29(32)28(20-27)30(37)36-12-10-25(11-13-36)34-14-16-35(17-15-34)26-5-3-4-23(31)19-26/h3-9,18-20,25,33H,10-17H2,1-2H3. The summed E-state index contributed by atoms with van der Waals surface area (Å²) in [5.74, 6) is -0.238. The Hall–Kier alpha value is -2.78. The van der Waals surface area contributed by atoms with Gasteiger partial charge in [-0.05, 0) is 86.3 Å². The molecule has 0 atom stereocenters. The maximum absolute atomic E-state index is 13.4. The number of hydrogen-bond donors (Lipinski definition) is 1. The number of hydrogen-bond acceptors (Lipinski definition) is 5. The van der Waals surface area contributed by atoms with Crippen LogP contribution in [0, 0.1) is 13.8 Å². The molecular formula is C30H34Cl2N4O3S. The molecular weight excluding hydrogens is 567 g/mol. The molecule has 7 nitrogen and oxygen atoms in total. The van der Waals surface area contributed by atoms with E-state index in [1.807, 2.05) is 38.1 Å². The normalized spacial score (nSPS) is 17.2. The number of carbonyl (C=O) groups excluding carboxylic acids is 1. The first-order chi connectivity index (χ1) is 19.1. The molecule has 212 valence electrons. The lowest BCUT2D eigenvalue weighted by Gasteiger charge is -2.43. The van der Waals surface area contributed by atoms with Crippen LogP contribution in [0.3, 0.4) is 0 Å². The van der Waals surface area contributed by atoms with Crippen molar-refractivity contribution >= 4 is 50.5 Å². The van der Waals surface area contributed by atoms with Gasteiger partial charge in [0, 0.05) is 61.7 Å². The number of piperazine rings is 1. The maximum atomic E-state index is 13.4. The number of nitrogens with one attached hydrogen (secondary N) is 1. The monoisotopic (exact) mass is 600 g/mol. The third-order valence-corrected chi connectivity index (χ3v) is 9.94. The first-order valence-corrected chi connectivity index (χ1v) is 15.8. The smallest absolute Gasteiger partial charge is 0.261 e. The van der Waals surface area contributed by atoms with E-state index in [0.717, 1.165) is 60.9 Å².